The highest BCUT2D eigenvalue weighted by molar-refractivity contribution is 5.90. The first-order valence-electron chi connectivity index (χ1n) is 12.6. The highest BCUT2D eigenvalue weighted by atomic mass is 16.7. The molecule has 5 atom stereocenters. The van der Waals surface area contributed by atoms with Gasteiger partial charge in [0.2, 0.25) is 0 Å². The second-order valence-corrected chi connectivity index (χ2v) is 10.8. The number of hydrogen-bond donors (Lipinski definition) is 2. The summed E-state index contributed by atoms with van der Waals surface area (Å²) in [5, 5.41) is 15.1. The number of piperidine rings is 1. The third-order valence-electron chi connectivity index (χ3n) is 8.94. The molecule has 6 rings (SSSR count). The Morgan fingerprint density at radius 2 is 2.11 bits per heavy atom. The van der Waals surface area contributed by atoms with Gasteiger partial charge in [-0.2, -0.15) is 0 Å². The minimum Gasteiger partial charge on any atom is -0.477 e. The van der Waals surface area contributed by atoms with Crippen molar-refractivity contribution in [3.8, 4) is 11.5 Å². The number of nitrogens with one attached hydrogen (secondary N) is 1. The monoisotopic (exact) mass is 484 g/mol. The van der Waals surface area contributed by atoms with E-state index in [4.69, 9.17) is 14.2 Å². The lowest BCUT2D eigenvalue weighted by Crippen LogP contribution is -2.76. The predicted octanol–water partition coefficient (Wildman–Crippen LogP) is 1.51. The maximum Gasteiger partial charge on any atom is 0.514 e. The second-order valence-electron chi connectivity index (χ2n) is 10.8. The zero-order chi connectivity index (χ0) is 24.5. The largest absolute Gasteiger partial charge is 0.514 e. The van der Waals surface area contributed by atoms with Gasteiger partial charge in [0.05, 0.1) is 11.0 Å². The Morgan fingerprint density at radius 1 is 1.31 bits per heavy atom. The van der Waals surface area contributed by atoms with Gasteiger partial charge in [-0.05, 0) is 70.2 Å². The Hall–Kier alpha value is -2.49. The first-order valence-corrected chi connectivity index (χ1v) is 12.6. The van der Waals surface area contributed by atoms with Crippen molar-refractivity contribution in [1.82, 2.24) is 10.2 Å². The van der Waals surface area contributed by atoms with Crippen molar-refractivity contribution >= 4 is 17.7 Å². The van der Waals surface area contributed by atoms with Crippen LogP contribution >= 0.6 is 0 Å². The highest BCUT2D eigenvalue weighted by Crippen LogP contribution is 2.65. The number of rotatable bonds is 7. The number of ketones is 2. The van der Waals surface area contributed by atoms with Gasteiger partial charge < -0.3 is 24.6 Å². The first-order chi connectivity index (χ1) is 16.8. The minimum absolute atomic E-state index is 0.0139. The molecular weight excluding hydrogens is 452 g/mol. The van der Waals surface area contributed by atoms with Crippen molar-refractivity contribution in [2.24, 2.45) is 5.92 Å². The fourth-order valence-electron chi connectivity index (χ4n) is 7.01. The minimum atomic E-state index is -1.07. The van der Waals surface area contributed by atoms with E-state index >= 15 is 0 Å². The smallest absolute Gasteiger partial charge is 0.477 e. The molecule has 0 amide bonds. The average molecular weight is 485 g/mol. The SMILES string of the molecule is CNC(COC(=O)Oc1ccc2c3c1OC1C(=O)CC[C@@]4(O)[C@@H](C2)N(CC2CC2)CC[C@]314)C(C)=O. The first kappa shape index (κ1) is 22.9. The van der Waals surface area contributed by atoms with E-state index in [2.05, 4.69) is 10.2 Å². The van der Waals surface area contributed by atoms with Gasteiger partial charge in [-0.15, -0.1) is 0 Å². The number of carbonyl (C=O) groups excluding carboxylic acids is 3. The van der Waals surface area contributed by atoms with Crippen LogP contribution < -0.4 is 14.8 Å². The number of nitrogens with zero attached hydrogens (tertiary/aromatic N) is 1. The highest BCUT2D eigenvalue weighted by Gasteiger charge is 2.73. The summed E-state index contributed by atoms with van der Waals surface area (Å²) in [5.74, 6) is 1.08. The molecule has 2 aliphatic heterocycles. The molecule has 2 unspecified atom stereocenters. The average Bonchev–Trinajstić information content (AvgIpc) is 3.56. The molecule has 5 aliphatic rings. The molecule has 2 heterocycles. The van der Waals surface area contributed by atoms with Crippen LogP contribution in [0.2, 0.25) is 0 Å². The number of hydrogen-bond acceptors (Lipinski definition) is 9. The molecule has 1 aromatic carbocycles. The summed E-state index contributed by atoms with van der Waals surface area (Å²) in [6, 6.07) is 2.92. The summed E-state index contributed by atoms with van der Waals surface area (Å²) in [6.07, 6.45) is 2.74. The van der Waals surface area contributed by atoms with E-state index in [9.17, 15) is 19.5 Å². The predicted molar refractivity (Wildman–Crippen MR) is 124 cm³/mol. The molecule has 9 heteroatoms. The van der Waals surface area contributed by atoms with Crippen LogP contribution in [0.4, 0.5) is 4.79 Å². The van der Waals surface area contributed by atoms with E-state index in [1.165, 1.54) is 19.8 Å². The van der Waals surface area contributed by atoms with Crippen LogP contribution in [0.3, 0.4) is 0 Å². The number of likely N-dealkylation sites (tertiary alicyclic amines) is 1. The number of aliphatic hydroxyl groups is 1. The van der Waals surface area contributed by atoms with Crippen molar-refractivity contribution in [3.63, 3.8) is 0 Å². The van der Waals surface area contributed by atoms with Gasteiger partial charge in [-0.25, -0.2) is 4.79 Å². The Balaban J connectivity index is 1.34. The van der Waals surface area contributed by atoms with Crippen LogP contribution in [0, 0.1) is 5.92 Å². The normalized spacial score (nSPS) is 33.5. The molecular formula is C26H32N2O7. The van der Waals surface area contributed by atoms with Crippen molar-refractivity contribution in [2.45, 2.75) is 74.7 Å². The molecule has 2 bridgehead atoms. The van der Waals surface area contributed by atoms with Gasteiger partial charge in [0.25, 0.3) is 0 Å². The Bertz CT molecular complexity index is 1100. The number of benzene rings is 1. The van der Waals surface area contributed by atoms with Crippen molar-refractivity contribution in [2.75, 3.05) is 26.7 Å². The number of likely N-dealkylation sites (N-methyl/N-ethyl adjacent to an activating group) is 1. The molecule has 1 spiro atoms. The summed E-state index contributed by atoms with van der Waals surface area (Å²) in [4.78, 5) is 39.6. The molecule has 3 fully saturated rings. The summed E-state index contributed by atoms with van der Waals surface area (Å²) in [5.41, 5.74) is -0.0367. The Morgan fingerprint density at radius 3 is 2.83 bits per heavy atom. The lowest BCUT2D eigenvalue weighted by Gasteiger charge is -2.62. The molecule has 35 heavy (non-hydrogen) atoms. The van der Waals surface area contributed by atoms with Crippen molar-refractivity contribution in [1.29, 1.82) is 0 Å². The van der Waals surface area contributed by atoms with E-state index in [0.717, 1.165) is 24.2 Å². The topological polar surface area (TPSA) is 114 Å². The third kappa shape index (κ3) is 3.28. The maximum absolute atomic E-state index is 13.1. The van der Waals surface area contributed by atoms with Crippen LogP contribution in [0.1, 0.15) is 50.2 Å². The number of carbonyl (C=O) groups is 3. The molecule has 188 valence electrons. The van der Waals surface area contributed by atoms with E-state index in [-0.39, 0.29) is 36.4 Å². The molecule has 0 radical (unpaired) electrons. The van der Waals surface area contributed by atoms with E-state index < -0.39 is 29.3 Å². The fourth-order valence-corrected chi connectivity index (χ4v) is 7.01. The summed E-state index contributed by atoms with van der Waals surface area (Å²) in [7, 11) is 1.61. The van der Waals surface area contributed by atoms with Gasteiger partial charge >= 0.3 is 6.16 Å². The second kappa shape index (κ2) is 8.01. The standard InChI is InChI=1S/C26H32N2O7/c1-14(29)17(27-2)13-33-24(31)34-19-6-5-16-11-20-26(32)8-7-18(30)23-25(26,21(16)22(19)35-23)9-10-28(20)12-15-3-4-15/h5-6,15,17,20,23,27,32H,3-4,7-13H2,1-2H3/t17?,20-,23?,25+,26-/m1/s1. The van der Waals surface area contributed by atoms with E-state index in [1.54, 1.807) is 13.1 Å². The summed E-state index contributed by atoms with van der Waals surface area (Å²) in [6.45, 7) is 3.05. The molecule has 0 aromatic heterocycles. The summed E-state index contributed by atoms with van der Waals surface area (Å²) >= 11 is 0. The third-order valence-corrected chi connectivity index (χ3v) is 8.94. The number of ether oxygens (including phenoxy) is 3. The van der Waals surface area contributed by atoms with Crippen LogP contribution in [-0.4, -0.2) is 78.3 Å². The zero-order valence-electron chi connectivity index (χ0n) is 20.2. The van der Waals surface area contributed by atoms with Crippen LogP contribution in [0.5, 0.6) is 11.5 Å². The Labute approximate surface area is 204 Å². The van der Waals surface area contributed by atoms with E-state index in [0.29, 0.717) is 30.9 Å². The molecule has 1 saturated heterocycles. The van der Waals surface area contributed by atoms with Gasteiger partial charge in [-0.3, -0.25) is 14.5 Å². The quantitative estimate of drug-likeness (QED) is 0.439. The van der Waals surface area contributed by atoms with Crippen LogP contribution in [0.25, 0.3) is 0 Å². The van der Waals surface area contributed by atoms with Gasteiger partial charge in [0.1, 0.15) is 18.4 Å². The van der Waals surface area contributed by atoms with Gasteiger partial charge in [0, 0.05) is 24.6 Å². The lowest BCUT2D eigenvalue weighted by atomic mass is 9.49. The van der Waals surface area contributed by atoms with E-state index in [1.807, 2.05) is 6.07 Å². The number of Topliss-reactive ketones (excluding diaryl/α,β-unsaturated/α-hetero) is 2. The molecule has 9 nitrogen and oxygen atoms in total. The Kier molecular flexibility index (Phi) is 5.25. The van der Waals surface area contributed by atoms with Crippen LogP contribution in [-0.2, 0) is 26.2 Å². The van der Waals surface area contributed by atoms with Gasteiger partial charge in [-0.1, -0.05) is 6.07 Å². The fraction of sp³-hybridized carbons (Fsp3) is 0.654. The molecule has 3 aliphatic carbocycles. The summed E-state index contributed by atoms with van der Waals surface area (Å²) < 4.78 is 16.9. The zero-order valence-corrected chi connectivity index (χ0v) is 20.2. The van der Waals surface area contributed by atoms with Gasteiger partial charge in [0.15, 0.2) is 23.4 Å². The molecule has 1 aromatic rings. The molecule has 2 saturated carbocycles. The maximum atomic E-state index is 13.1. The lowest BCUT2D eigenvalue weighted by molar-refractivity contribution is -0.188. The van der Waals surface area contributed by atoms with Crippen molar-refractivity contribution in [3.05, 3.63) is 23.3 Å². The van der Waals surface area contributed by atoms with Crippen LogP contribution in [0.15, 0.2) is 12.1 Å². The molecule has 2 N–H and O–H groups in total. The van der Waals surface area contributed by atoms with Crippen molar-refractivity contribution < 1.29 is 33.7 Å².